The van der Waals surface area contributed by atoms with Crippen molar-refractivity contribution in [3.63, 3.8) is 0 Å². The number of nitrogens with zero attached hydrogens (tertiary/aromatic N) is 3. The first kappa shape index (κ1) is 17.0. The molecule has 2 rings (SSSR count). The van der Waals surface area contributed by atoms with Crippen molar-refractivity contribution in [2.24, 2.45) is 0 Å². The van der Waals surface area contributed by atoms with Gasteiger partial charge in [0.15, 0.2) is 20.7 Å². The highest BCUT2D eigenvalue weighted by Crippen LogP contribution is 2.20. The summed E-state index contributed by atoms with van der Waals surface area (Å²) in [4.78, 5) is 14.1. The average Bonchev–Trinajstić information content (AvgIpc) is 2.72. The summed E-state index contributed by atoms with van der Waals surface area (Å²) >= 11 is 1.77. The Bertz CT molecular complexity index is 619. The lowest BCUT2D eigenvalue weighted by Gasteiger charge is -2.23. The van der Waals surface area contributed by atoms with Gasteiger partial charge in [0.25, 0.3) is 0 Å². The van der Waals surface area contributed by atoms with E-state index in [1.807, 2.05) is 0 Å². The fourth-order valence-corrected chi connectivity index (χ4v) is 3.49. The van der Waals surface area contributed by atoms with Gasteiger partial charge in [0.1, 0.15) is 0 Å². The number of sulfone groups is 1. The van der Waals surface area contributed by atoms with Gasteiger partial charge in [-0.3, -0.25) is 5.32 Å². The summed E-state index contributed by atoms with van der Waals surface area (Å²) in [6, 6.07) is 2.57. The van der Waals surface area contributed by atoms with Crippen molar-refractivity contribution in [3.8, 4) is 0 Å². The van der Waals surface area contributed by atoms with Gasteiger partial charge in [-0.1, -0.05) is 6.42 Å². The minimum Gasteiger partial charge on any atom is -0.323 e. The minimum absolute atomic E-state index is 0.109. The zero-order valence-corrected chi connectivity index (χ0v) is 14.3. The number of carbonyl (C=O) groups is 1. The van der Waals surface area contributed by atoms with Crippen LogP contribution in [-0.2, 0) is 9.84 Å². The Morgan fingerprint density at radius 2 is 2.14 bits per heavy atom. The lowest BCUT2D eigenvalue weighted by Crippen LogP contribution is -2.38. The highest BCUT2D eigenvalue weighted by atomic mass is 32.2. The number of rotatable bonds is 3. The Hall–Kier alpha value is -1.35. The molecule has 7 nitrogen and oxygen atoms in total. The van der Waals surface area contributed by atoms with Crippen molar-refractivity contribution >= 4 is 33.4 Å². The van der Waals surface area contributed by atoms with Crippen molar-refractivity contribution in [2.45, 2.75) is 29.5 Å². The second kappa shape index (κ2) is 7.28. The van der Waals surface area contributed by atoms with Crippen LogP contribution in [0.2, 0.25) is 0 Å². The third-order valence-corrected chi connectivity index (χ3v) is 5.53. The first-order valence-corrected chi connectivity index (χ1v) is 10.2. The Labute approximate surface area is 134 Å². The molecule has 1 aromatic heterocycles. The van der Waals surface area contributed by atoms with Crippen LogP contribution in [0.5, 0.6) is 0 Å². The summed E-state index contributed by atoms with van der Waals surface area (Å²) in [6.45, 7) is 1.43. The molecule has 1 atom stereocenters. The third-order valence-electron chi connectivity index (χ3n) is 3.50. The minimum atomic E-state index is -3.38. The molecule has 1 fully saturated rings. The van der Waals surface area contributed by atoms with E-state index in [-0.39, 0.29) is 16.9 Å². The quantitative estimate of drug-likeness (QED) is 0.896. The summed E-state index contributed by atoms with van der Waals surface area (Å²) in [5.41, 5.74) is 0. The van der Waals surface area contributed by atoms with Gasteiger partial charge in [-0.25, -0.2) is 13.2 Å². The smallest absolute Gasteiger partial charge is 0.323 e. The molecule has 9 heteroatoms. The fourth-order valence-electron chi connectivity index (χ4n) is 2.25. The van der Waals surface area contributed by atoms with Gasteiger partial charge < -0.3 is 4.90 Å². The molecular formula is C13H20N4O3S2. The molecule has 0 spiro atoms. The highest BCUT2D eigenvalue weighted by Gasteiger charge is 2.22. The number of carbonyl (C=O) groups excluding carboxylic acids is 1. The fraction of sp³-hybridized carbons (Fsp3) is 0.615. The third kappa shape index (κ3) is 4.57. The maximum absolute atomic E-state index is 12.3. The summed E-state index contributed by atoms with van der Waals surface area (Å²) in [5, 5.41) is 10.4. The van der Waals surface area contributed by atoms with E-state index in [9.17, 15) is 13.2 Å². The molecule has 22 heavy (non-hydrogen) atoms. The van der Waals surface area contributed by atoms with E-state index >= 15 is 0 Å². The van der Waals surface area contributed by atoms with Crippen LogP contribution in [0.15, 0.2) is 17.2 Å². The second-order valence-electron chi connectivity index (χ2n) is 5.26. The van der Waals surface area contributed by atoms with Crippen molar-refractivity contribution < 1.29 is 13.2 Å². The van der Waals surface area contributed by atoms with Crippen molar-refractivity contribution in [2.75, 3.05) is 30.9 Å². The largest absolute Gasteiger partial charge is 0.323 e. The number of aromatic nitrogens is 2. The number of amides is 2. The number of hydrogen-bond donors (Lipinski definition) is 1. The molecule has 0 aromatic carbocycles. The van der Waals surface area contributed by atoms with Gasteiger partial charge in [-0.2, -0.15) is 11.8 Å². The Morgan fingerprint density at radius 1 is 1.36 bits per heavy atom. The second-order valence-corrected chi connectivity index (χ2v) is 8.36. The molecular weight excluding hydrogens is 324 g/mol. The van der Waals surface area contributed by atoms with Crippen LogP contribution >= 0.6 is 11.8 Å². The molecule has 2 heterocycles. The number of urea groups is 1. The van der Waals surface area contributed by atoms with Crippen molar-refractivity contribution in [1.29, 1.82) is 0 Å². The van der Waals surface area contributed by atoms with E-state index in [2.05, 4.69) is 21.8 Å². The molecule has 1 aliphatic heterocycles. The van der Waals surface area contributed by atoms with Crippen molar-refractivity contribution in [3.05, 3.63) is 12.1 Å². The molecule has 2 amide bonds. The van der Waals surface area contributed by atoms with E-state index in [4.69, 9.17) is 0 Å². The topological polar surface area (TPSA) is 92.3 Å². The van der Waals surface area contributed by atoms with E-state index < -0.39 is 9.84 Å². The number of nitrogens with one attached hydrogen (secondary N) is 1. The maximum Gasteiger partial charge on any atom is 0.323 e. The lowest BCUT2D eigenvalue weighted by molar-refractivity contribution is 0.214. The van der Waals surface area contributed by atoms with Crippen LogP contribution in [0, 0.1) is 0 Å². The van der Waals surface area contributed by atoms with Gasteiger partial charge in [-0.15, -0.1) is 10.2 Å². The monoisotopic (exact) mass is 344 g/mol. The predicted molar refractivity (Wildman–Crippen MR) is 86.9 cm³/mol. The first-order valence-electron chi connectivity index (χ1n) is 7.02. The number of likely N-dealkylation sites (tertiary alicyclic amines) is 1. The molecule has 0 saturated carbocycles. The maximum atomic E-state index is 12.3. The Kier molecular flexibility index (Phi) is 5.63. The SMILES string of the molecule is CSC1CCCCN(C(=O)Nc2ccc(S(C)(=O)=O)nn2)C1. The van der Waals surface area contributed by atoms with E-state index in [0.717, 1.165) is 32.1 Å². The molecule has 1 N–H and O–H groups in total. The zero-order valence-electron chi connectivity index (χ0n) is 12.7. The summed E-state index contributed by atoms with van der Waals surface area (Å²) < 4.78 is 22.6. The van der Waals surface area contributed by atoms with Gasteiger partial charge in [0.05, 0.1) is 0 Å². The predicted octanol–water partition coefficient (Wildman–Crippen LogP) is 1.63. The molecule has 0 radical (unpaired) electrons. The molecule has 1 unspecified atom stereocenters. The molecule has 1 aliphatic rings. The van der Waals surface area contributed by atoms with Crippen LogP contribution in [0.1, 0.15) is 19.3 Å². The van der Waals surface area contributed by atoms with Gasteiger partial charge in [0.2, 0.25) is 0 Å². The molecule has 0 bridgehead atoms. The standard InChI is InChI=1S/C13H20N4O3S2/c1-21-10-5-3-4-8-17(9-10)13(18)14-11-6-7-12(16-15-11)22(2,19)20/h6-7,10H,3-5,8-9H2,1-2H3,(H,14,15,18). The Morgan fingerprint density at radius 3 is 2.73 bits per heavy atom. The first-order chi connectivity index (χ1) is 10.4. The van der Waals surface area contributed by atoms with E-state index in [1.54, 1.807) is 16.7 Å². The van der Waals surface area contributed by atoms with Crippen LogP contribution in [-0.4, -0.2) is 60.4 Å². The zero-order chi connectivity index (χ0) is 16.2. The molecule has 1 saturated heterocycles. The molecule has 0 aliphatic carbocycles. The van der Waals surface area contributed by atoms with E-state index in [1.165, 1.54) is 12.1 Å². The highest BCUT2D eigenvalue weighted by molar-refractivity contribution is 7.99. The average molecular weight is 344 g/mol. The van der Waals surface area contributed by atoms with Crippen LogP contribution < -0.4 is 5.32 Å². The summed E-state index contributed by atoms with van der Waals surface area (Å²) in [6.07, 6.45) is 6.35. The Balaban J connectivity index is 2.01. The van der Waals surface area contributed by atoms with Gasteiger partial charge >= 0.3 is 6.03 Å². The van der Waals surface area contributed by atoms with E-state index in [0.29, 0.717) is 11.8 Å². The van der Waals surface area contributed by atoms with Gasteiger partial charge in [-0.05, 0) is 31.2 Å². The lowest BCUT2D eigenvalue weighted by atomic mass is 10.2. The van der Waals surface area contributed by atoms with Gasteiger partial charge in [0, 0.05) is 24.6 Å². The van der Waals surface area contributed by atoms with Crippen LogP contribution in [0.25, 0.3) is 0 Å². The normalized spacial score (nSPS) is 19.5. The number of anilines is 1. The van der Waals surface area contributed by atoms with Crippen LogP contribution in [0.3, 0.4) is 0 Å². The molecule has 122 valence electrons. The number of thioether (sulfide) groups is 1. The summed E-state index contributed by atoms with van der Waals surface area (Å²) in [7, 11) is -3.38. The summed E-state index contributed by atoms with van der Waals surface area (Å²) in [5.74, 6) is 0.252. The molecule has 1 aromatic rings. The number of hydrogen-bond acceptors (Lipinski definition) is 6. The van der Waals surface area contributed by atoms with Crippen LogP contribution in [0.4, 0.5) is 10.6 Å². The van der Waals surface area contributed by atoms with Crippen molar-refractivity contribution in [1.82, 2.24) is 15.1 Å².